The molecule has 0 aliphatic carbocycles. The maximum Gasteiger partial charge on any atom is 0.242 e. The predicted molar refractivity (Wildman–Crippen MR) is 108 cm³/mol. The first kappa shape index (κ1) is 21.9. The lowest BCUT2D eigenvalue weighted by Gasteiger charge is -2.12. The van der Waals surface area contributed by atoms with Crippen molar-refractivity contribution in [3.8, 4) is 0 Å². The second-order valence-corrected chi connectivity index (χ2v) is 9.05. The molecule has 0 saturated carbocycles. The fourth-order valence-corrected chi connectivity index (χ4v) is 3.60. The summed E-state index contributed by atoms with van der Waals surface area (Å²) in [5.74, 6) is -0.902. The molecule has 2 amide bonds. The molecule has 28 heavy (non-hydrogen) atoms. The van der Waals surface area contributed by atoms with Gasteiger partial charge in [-0.05, 0) is 48.5 Å². The first-order valence-corrected chi connectivity index (χ1v) is 10.7. The summed E-state index contributed by atoms with van der Waals surface area (Å²) in [5.41, 5.74) is 0.934. The minimum absolute atomic E-state index is 0.0502. The van der Waals surface area contributed by atoms with Crippen LogP contribution in [0.3, 0.4) is 0 Å². The summed E-state index contributed by atoms with van der Waals surface area (Å²) in [6, 6.07) is 11.2. The van der Waals surface area contributed by atoms with Crippen molar-refractivity contribution in [2.24, 2.45) is 0 Å². The third-order valence-electron chi connectivity index (χ3n) is 3.51. The second-order valence-electron chi connectivity index (χ2n) is 5.91. The molecule has 0 saturated heterocycles. The number of hydrogen-bond acceptors (Lipinski definition) is 5. The van der Waals surface area contributed by atoms with E-state index in [2.05, 4.69) is 10.6 Å². The minimum atomic E-state index is -3.52. The number of halogens is 1. The van der Waals surface area contributed by atoms with Crippen molar-refractivity contribution in [3.05, 3.63) is 54.3 Å². The van der Waals surface area contributed by atoms with E-state index in [1.807, 2.05) is 0 Å². The van der Waals surface area contributed by atoms with Crippen molar-refractivity contribution in [2.75, 3.05) is 36.2 Å². The van der Waals surface area contributed by atoms with Crippen LogP contribution < -0.4 is 10.6 Å². The number of hydrogen-bond donors (Lipinski definition) is 2. The average Bonchev–Trinajstić information content (AvgIpc) is 2.64. The molecule has 10 heteroatoms. The molecule has 2 aromatic carbocycles. The normalized spacial score (nSPS) is 11.3. The average molecular weight is 426 g/mol. The van der Waals surface area contributed by atoms with E-state index in [4.69, 9.17) is 0 Å². The smallest absolute Gasteiger partial charge is 0.242 e. The molecule has 2 aromatic rings. The van der Waals surface area contributed by atoms with Crippen molar-refractivity contribution in [2.45, 2.75) is 4.90 Å². The Morgan fingerprint density at radius 3 is 1.75 bits per heavy atom. The summed E-state index contributed by atoms with van der Waals surface area (Å²) in [7, 11) is -0.645. The zero-order valence-corrected chi connectivity index (χ0v) is 16.9. The predicted octanol–water partition coefficient (Wildman–Crippen LogP) is 2.39. The number of nitrogens with one attached hydrogen (secondary N) is 2. The van der Waals surface area contributed by atoms with Crippen LogP contribution >= 0.6 is 11.8 Å². The van der Waals surface area contributed by atoms with Gasteiger partial charge in [0.05, 0.1) is 16.4 Å². The summed E-state index contributed by atoms with van der Waals surface area (Å²) >= 11 is 1.12. The topological polar surface area (TPSA) is 95.6 Å². The Morgan fingerprint density at radius 2 is 1.32 bits per heavy atom. The molecular formula is C18H20FN3O4S2. The zero-order chi connectivity index (χ0) is 20.7. The SMILES string of the molecule is CN(C)S(=O)(=O)c1ccc(NC(=O)CSCC(=O)Nc2ccc(F)cc2)cc1. The number of sulfonamides is 1. The van der Waals surface area contributed by atoms with E-state index in [1.165, 1.54) is 62.6 Å². The highest BCUT2D eigenvalue weighted by Gasteiger charge is 2.16. The first-order chi connectivity index (χ1) is 13.2. The fourth-order valence-electron chi connectivity index (χ4n) is 2.08. The van der Waals surface area contributed by atoms with E-state index in [0.29, 0.717) is 11.4 Å². The lowest BCUT2D eigenvalue weighted by molar-refractivity contribution is -0.114. The highest BCUT2D eigenvalue weighted by Crippen LogP contribution is 2.17. The Balaban J connectivity index is 1.78. The number of thioether (sulfide) groups is 1. The Morgan fingerprint density at radius 1 is 0.893 bits per heavy atom. The molecule has 150 valence electrons. The summed E-state index contributed by atoms with van der Waals surface area (Å²) in [4.78, 5) is 23.9. The highest BCUT2D eigenvalue weighted by atomic mass is 32.2. The lowest BCUT2D eigenvalue weighted by atomic mass is 10.3. The largest absolute Gasteiger partial charge is 0.325 e. The fraction of sp³-hybridized carbons (Fsp3) is 0.222. The van der Waals surface area contributed by atoms with Crippen molar-refractivity contribution in [1.29, 1.82) is 0 Å². The second kappa shape index (κ2) is 9.67. The van der Waals surface area contributed by atoms with Crippen LogP contribution in [0.25, 0.3) is 0 Å². The molecule has 0 unspecified atom stereocenters. The van der Waals surface area contributed by atoms with E-state index < -0.39 is 15.8 Å². The molecule has 0 heterocycles. The van der Waals surface area contributed by atoms with Crippen LogP contribution in [0.5, 0.6) is 0 Å². The van der Waals surface area contributed by atoms with Crippen LogP contribution in [0.15, 0.2) is 53.4 Å². The van der Waals surface area contributed by atoms with Crippen LogP contribution in [-0.4, -0.2) is 50.1 Å². The third kappa shape index (κ3) is 6.32. The Kier molecular flexibility index (Phi) is 7.55. The van der Waals surface area contributed by atoms with Gasteiger partial charge in [0.15, 0.2) is 0 Å². The molecule has 0 aliphatic rings. The molecule has 2 rings (SSSR count). The van der Waals surface area contributed by atoms with Gasteiger partial charge in [-0.25, -0.2) is 17.1 Å². The van der Waals surface area contributed by atoms with E-state index in [9.17, 15) is 22.4 Å². The standard InChI is InChI=1S/C18H20FN3O4S2/c1-22(2)28(25,26)16-9-7-15(8-10-16)21-18(24)12-27-11-17(23)20-14-5-3-13(19)4-6-14/h3-10H,11-12H2,1-2H3,(H,20,23)(H,21,24). The lowest BCUT2D eigenvalue weighted by Crippen LogP contribution is -2.22. The highest BCUT2D eigenvalue weighted by molar-refractivity contribution is 8.00. The summed E-state index contributed by atoms with van der Waals surface area (Å²) in [6.07, 6.45) is 0. The van der Waals surface area contributed by atoms with Gasteiger partial charge >= 0.3 is 0 Å². The summed E-state index contributed by atoms with van der Waals surface area (Å²) in [6.45, 7) is 0. The number of benzene rings is 2. The molecule has 0 spiro atoms. The molecule has 2 N–H and O–H groups in total. The van der Waals surface area contributed by atoms with Gasteiger partial charge in [0.1, 0.15) is 5.82 Å². The molecule has 0 radical (unpaired) electrons. The Labute approximate surface area is 167 Å². The Hall–Kier alpha value is -2.43. The van der Waals surface area contributed by atoms with Gasteiger partial charge in [-0.1, -0.05) is 0 Å². The number of amides is 2. The molecule has 0 fully saturated rings. The maximum absolute atomic E-state index is 12.8. The van der Waals surface area contributed by atoms with Gasteiger partial charge in [-0.2, -0.15) is 0 Å². The third-order valence-corrected chi connectivity index (χ3v) is 6.27. The van der Waals surface area contributed by atoms with E-state index in [-0.39, 0.29) is 28.2 Å². The summed E-state index contributed by atoms with van der Waals surface area (Å²) in [5, 5.41) is 5.24. The maximum atomic E-state index is 12.8. The van der Waals surface area contributed by atoms with E-state index in [1.54, 1.807) is 0 Å². The number of rotatable bonds is 8. The first-order valence-electron chi connectivity index (χ1n) is 8.14. The van der Waals surface area contributed by atoms with E-state index in [0.717, 1.165) is 16.1 Å². The van der Waals surface area contributed by atoms with Crippen molar-refractivity contribution < 1.29 is 22.4 Å². The quantitative estimate of drug-likeness (QED) is 0.677. The van der Waals surface area contributed by atoms with Crippen molar-refractivity contribution in [3.63, 3.8) is 0 Å². The minimum Gasteiger partial charge on any atom is -0.325 e. The van der Waals surface area contributed by atoms with Crippen LogP contribution in [0.1, 0.15) is 0 Å². The van der Waals surface area contributed by atoms with Gasteiger partial charge in [0.2, 0.25) is 21.8 Å². The van der Waals surface area contributed by atoms with Crippen molar-refractivity contribution in [1.82, 2.24) is 4.31 Å². The van der Waals surface area contributed by atoms with Crippen LogP contribution in [-0.2, 0) is 19.6 Å². The molecular weight excluding hydrogens is 405 g/mol. The number of carbonyl (C=O) groups excluding carboxylic acids is 2. The van der Waals surface area contributed by atoms with E-state index >= 15 is 0 Å². The van der Waals surface area contributed by atoms with Gasteiger partial charge in [-0.15, -0.1) is 11.8 Å². The molecule has 0 bridgehead atoms. The van der Waals surface area contributed by atoms with Crippen LogP contribution in [0.2, 0.25) is 0 Å². The molecule has 0 aliphatic heterocycles. The number of nitrogens with zero attached hydrogens (tertiary/aromatic N) is 1. The number of anilines is 2. The monoisotopic (exact) mass is 425 g/mol. The summed E-state index contributed by atoms with van der Waals surface area (Å²) < 4.78 is 37.9. The molecule has 0 atom stereocenters. The number of carbonyl (C=O) groups is 2. The van der Waals surface area contributed by atoms with Gasteiger partial charge in [-0.3, -0.25) is 9.59 Å². The van der Waals surface area contributed by atoms with Crippen molar-refractivity contribution >= 4 is 45.0 Å². The van der Waals surface area contributed by atoms with Crippen LogP contribution in [0, 0.1) is 5.82 Å². The van der Waals surface area contributed by atoms with Gasteiger partial charge < -0.3 is 10.6 Å². The van der Waals surface area contributed by atoms with Crippen LogP contribution in [0.4, 0.5) is 15.8 Å². The molecule has 7 nitrogen and oxygen atoms in total. The zero-order valence-electron chi connectivity index (χ0n) is 15.3. The Bertz CT molecular complexity index is 930. The van der Waals surface area contributed by atoms with Gasteiger partial charge in [0.25, 0.3) is 0 Å². The molecule has 0 aromatic heterocycles. The van der Waals surface area contributed by atoms with Gasteiger partial charge in [0, 0.05) is 25.5 Å².